The topological polar surface area (TPSA) is 53.5 Å². The fraction of sp³-hybridized carbons (Fsp3) is 0.615. The molecule has 0 radical (unpaired) electrons. The summed E-state index contributed by atoms with van der Waals surface area (Å²) in [4.78, 5) is 6.20. The van der Waals surface area contributed by atoms with Crippen molar-refractivity contribution in [1.29, 1.82) is 0 Å². The van der Waals surface area contributed by atoms with Crippen LogP contribution in [-0.2, 0) is 10.0 Å². The van der Waals surface area contributed by atoms with Crippen LogP contribution in [0.25, 0.3) is 0 Å². The van der Waals surface area contributed by atoms with E-state index in [1.165, 1.54) is 22.8 Å². The molecule has 112 valence electrons. The largest absolute Gasteiger partial charge is 0.306 e. The number of nitrogens with zero attached hydrogens (tertiary/aromatic N) is 3. The highest BCUT2D eigenvalue weighted by atomic mass is 35.5. The fourth-order valence-electron chi connectivity index (χ4n) is 2.43. The standard InChI is InChI=1S/C13H20ClN3O2S/c1-16-7-4-11(5-8-16)10-17(2)20(18,19)13-9-15-6-3-12(13)14/h3,6,9,11H,4-5,7-8,10H2,1-2H3. The molecule has 1 fully saturated rings. The van der Waals surface area contributed by atoms with Gasteiger partial charge in [0.2, 0.25) is 10.0 Å². The number of pyridine rings is 1. The molecule has 0 spiro atoms. The van der Waals surface area contributed by atoms with Crippen LogP contribution in [0.15, 0.2) is 23.4 Å². The second-order valence-electron chi connectivity index (χ2n) is 5.34. The summed E-state index contributed by atoms with van der Waals surface area (Å²) in [5, 5.41) is 0.218. The van der Waals surface area contributed by atoms with Gasteiger partial charge in [0, 0.05) is 26.0 Å². The van der Waals surface area contributed by atoms with Crippen molar-refractivity contribution in [3.8, 4) is 0 Å². The van der Waals surface area contributed by atoms with Crippen molar-refractivity contribution in [2.24, 2.45) is 5.92 Å². The van der Waals surface area contributed by atoms with Crippen molar-refractivity contribution >= 4 is 21.6 Å². The molecule has 1 aromatic heterocycles. The number of halogens is 1. The number of piperidine rings is 1. The molecule has 0 bridgehead atoms. The van der Waals surface area contributed by atoms with E-state index >= 15 is 0 Å². The van der Waals surface area contributed by atoms with Gasteiger partial charge in [0.1, 0.15) is 4.90 Å². The van der Waals surface area contributed by atoms with E-state index in [4.69, 9.17) is 11.6 Å². The average Bonchev–Trinajstić information content (AvgIpc) is 2.41. The van der Waals surface area contributed by atoms with E-state index in [0.717, 1.165) is 25.9 Å². The number of rotatable bonds is 4. The molecule has 2 heterocycles. The van der Waals surface area contributed by atoms with Crippen LogP contribution in [-0.4, -0.2) is 56.3 Å². The van der Waals surface area contributed by atoms with Gasteiger partial charge < -0.3 is 4.90 Å². The molecule has 0 saturated carbocycles. The summed E-state index contributed by atoms with van der Waals surface area (Å²) in [7, 11) is 0.140. The number of likely N-dealkylation sites (tertiary alicyclic amines) is 1. The van der Waals surface area contributed by atoms with Crippen molar-refractivity contribution in [2.75, 3.05) is 33.7 Å². The van der Waals surface area contributed by atoms with Crippen molar-refractivity contribution in [3.63, 3.8) is 0 Å². The van der Waals surface area contributed by atoms with E-state index in [9.17, 15) is 8.42 Å². The highest BCUT2D eigenvalue weighted by Crippen LogP contribution is 2.25. The van der Waals surface area contributed by atoms with E-state index in [-0.39, 0.29) is 9.92 Å². The number of hydrogen-bond acceptors (Lipinski definition) is 4. The molecule has 1 aromatic rings. The molecule has 1 saturated heterocycles. The quantitative estimate of drug-likeness (QED) is 0.848. The Labute approximate surface area is 125 Å². The first-order chi connectivity index (χ1) is 9.41. The molecule has 0 unspecified atom stereocenters. The summed E-state index contributed by atoms with van der Waals surface area (Å²) in [5.74, 6) is 0.404. The molecule has 5 nitrogen and oxygen atoms in total. The zero-order valence-electron chi connectivity index (χ0n) is 11.8. The predicted octanol–water partition coefficient (Wildman–Crippen LogP) is 1.70. The third-order valence-electron chi connectivity index (χ3n) is 3.78. The second kappa shape index (κ2) is 6.39. The molecule has 0 aliphatic carbocycles. The van der Waals surface area contributed by atoms with Crippen LogP contribution >= 0.6 is 11.6 Å². The van der Waals surface area contributed by atoms with Crippen molar-refractivity contribution in [3.05, 3.63) is 23.5 Å². The van der Waals surface area contributed by atoms with Gasteiger partial charge in [-0.15, -0.1) is 0 Å². The average molecular weight is 318 g/mol. The first-order valence-corrected chi connectivity index (χ1v) is 8.47. The van der Waals surface area contributed by atoms with E-state index in [2.05, 4.69) is 16.9 Å². The molecule has 0 amide bonds. The summed E-state index contributed by atoms with van der Waals surface area (Å²) < 4.78 is 26.4. The summed E-state index contributed by atoms with van der Waals surface area (Å²) in [6, 6.07) is 1.50. The third-order valence-corrected chi connectivity index (χ3v) is 6.07. The van der Waals surface area contributed by atoms with E-state index in [0.29, 0.717) is 12.5 Å². The summed E-state index contributed by atoms with van der Waals surface area (Å²) in [6.45, 7) is 2.57. The minimum atomic E-state index is -3.56. The molecular weight excluding hydrogens is 298 g/mol. The Bertz CT molecular complexity index is 556. The molecule has 1 aliphatic heterocycles. The predicted molar refractivity (Wildman–Crippen MR) is 79.3 cm³/mol. The maximum absolute atomic E-state index is 12.5. The first-order valence-electron chi connectivity index (χ1n) is 6.65. The normalized spacial score (nSPS) is 18.6. The van der Waals surface area contributed by atoms with Gasteiger partial charge in [0.05, 0.1) is 5.02 Å². The molecule has 0 atom stereocenters. The van der Waals surface area contributed by atoms with Gasteiger partial charge in [0.25, 0.3) is 0 Å². The highest BCUT2D eigenvalue weighted by Gasteiger charge is 2.27. The zero-order valence-corrected chi connectivity index (χ0v) is 13.4. The third kappa shape index (κ3) is 3.49. The van der Waals surface area contributed by atoms with Crippen LogP contribution < -0.4 is 0 Å². The smallest absolute Gasteiger partial charge is 0.245 e. The second-order valence-corrected chi connectivity index (χ2v) is 7.76. The van der Waals surface area contributed by atoms with Crippen LogP contribution in [0.3, 0.4) is 0 Å². The number of sulfonamides is 1. The van der Waals surface area contributed by atoms with Gasteiger partial charge in [-0.3, -0.25) is 4.98 Å². The van der Waals surface area contributed by atoms with Crippen molar-refractivity contribution in [2.45, 2.75) is 17.7 Å². The van der Waals surface area contributed by atoms with Gasteiger partial charge in [-0.05, 0) is 45.0 Å². The van der Waals surface area contributed by atoms with Gasteiger partial charge in [-0.2, -0.15) is 0 Å². The van der Waals surface area contributed by atoms with E-state index in [1.807, 2.05) is 0 Å². The molecule has 2 rings (SSSR count). The fourth-order valence-corrected chi connectivity index (χ4v) is 4.08. The van der Waals surface area contributed by atoms with E-state index in [1.54, 1.807) is 7.05 Å². The maximum Gasteiger partial charge on any atom is 0.245 e. The van der Waals surface area contributed by atoms with Crippen LogP contribution in [0.5, 0.6) is 0 Å². The van der Waals surface area contributed by atoms with Gasteiger partial charge in [0.15, 0.2) is 0 Å². The molecule has 1 aliphatic rings. The Morgan fingerprint density at radius 3 is 2.70 bits per heavy atom. The molecule has 7 heteroatoms. The van der Waals surface area contributed by atoms with Crippen LogP contribution in [0, 0.1) is 5.92 Å². The Hall–Kier alpha value is -0.690. The number of hydrogen-bond donors (Lipinski definition) is 0. The highest BCUT2D eigenvalue weighted by molar-refractivity contribution is 7.89. The molecular formula is C13H20ClN3O2S. The monoisotopic (exact) mass is 317 g/mol. The van der Waals surface area contributed by atoms with E-state index < -0.39 is 10.0 Å². The summed E-state index contributed by atoms with van der Waals surface area (Å²) in [5.41, 5.74) is 0. The minimum Gasteiger partial charge on any atom is -0.306 e. The lowest BCUT2D eigenvalue weighted by atomic mass is 9.97. The SMILES string of the molecule is CN1CCC(CN(C)S(=O)(=O)c2cnccc2Cl)CC1. The lowest BCUT2D eigenvalue weighted by molar-refractivity contribution is 0.202. The van der Waals surface area contributed by atoms with Gasteiger partial charge in [-0.1, -0.05) is 11.6 Å². The van der Waals surface area contributed by atoms with Crippen LogP contribution in [0.4, 0.5) is 0 Å². The molecule has 0 N–H and O–H groups in total. The van der Waals surface area contributed by atoms with Gasteiger partial charge in [-0.25, -0.2) is 12.7 Å². The summed E-state index contributed by atoms with van der Waals surface area (Å²) >= 11 is 5.96. The van der Waals surface area contributed by atoms with Crippen LogP contribution in [0.2, 0.25) is 5.02 Å². The molecule has 20 heavy (non-hydrogen) atoms. The molecule has 0 aromatic carbocycles. The number of aromatic nitrogens is 1. The Morgan fingerprint density at radius 1 is 1.45 bits per heavy atom. The van der Waals surface area contributed by atoms with Gasteiger partial charge >= 0.3 is 0 Å². The maximum atomic E-state index is 12.5. The minimum absolute atomic E-state index is 0.0806. The Balaban J connectivity index is 2.08. The lowest BCUT2D eigenvalue weighted by Crippen LogP contribution is -2.38. The first kappa shape index (κ1) is 15.7. The van der Waals surface area contributed by atoms with Crippen molar-refractivity contribution in [1.82, 2.24) is 14.2 Å². The zero-order chi connectivity index (χ0) is 14.8. The lowest BCUT2D eigenvalue weighted by Gasteiger charge is -2.31. The Kier molecular flexibility index (Phi) is 5.01. The van der Waals surface area contributed by atoms with Crippen LogP contribution in [0.1, 0.15) is 12.8 Å². The van der Waals surface area contributed by atoms with Crippen molar-refractivity contribution < 1.29 is 8.42 Å². The Morgan fingerprint density at radius 2 is 2.10 bits per heavy atom. The summed E-state index contributed by atoms with van der Waals surface area (Å²) in [6.07, 6.45) is 4.84.